The monoisotopic (exact) mass is 216 g/mol. The van der Waals surface area contributed by atoms with Gasteiger partial charge < -0.3 is 10.2 Å². The van der Waals surface area contributed by atoms with E-state index in [1.807, 2.05) is 0 Å². The Bertz CT molecular complexity index is 424. The molecule has 0 radical (unpaired) electrons. The van der Waals surface area contributed by atoms with Gasteiger partial charge in [0.15, 0.2) is 15.7 Å². The summed E-state index contributed by atoms with van der Waals surface area (Å²) in [5.74, 6) is 0.807. The molecule has 2 heterocycles. The molecule has 0 amide bonds. The van der Waals surface area contributed by atoms with Crippen LogP contribution in [-0.2, 0) is 16.4 Å². The standard InChI is InChI=1S/C8H12N2O3S/c9-3-7-4-13-8(10-7)6-1-2-14(11,12)5-6/h4,6H,1-3,5,9H2. The molecule has 1 unspecified atom stereocenters. The van der Waals surface area contributed by atoms with Gasteiger partial charge in [-0.2, -0.15) is 0 Å². The van der Waals surface area contributed by atoms with Crippen molar-refractivity contribution in [3.8, 4) is 0 Å². The van der Waals surface area contributed by atoms with E-state index < -0.39 is 9.84 Å². The van der Waals surface area contributed by atoms with Crippen LogP contribution in [0.25, 0.3) is 0 Å². The van der Waals surface area contributed by atoms with Gasteiger partial charge in [-0.3, -0.25) is 0 Å². The van der Waals surface area contributed by atoms with Gasteiger partial charge in [0.1, 0.15) is 6.26 Å². The predicted molar refractivity (Wildman–Crippen MR) is 50.4 cm³/mol. The number of hydrogen-bond acceptors (Lipinski definition) is 5. The van der Waals surface area contributed by atoms with Gasteiger partial charge in [-0.15, -0.1) is 0 Å². The van der Waals surface area contributed by atoms with Crippen molar-refractivity contribution in [1.29, 1.82) is 0 Å². The van der Waals surface area contributed by atoms with E-state index in [4.69, 9.17) is 10.2 Å². The van der Waals surface area contributed by atoms with E-state index in [2.05, 4.69) is 4.98 Å². The molecule has 0 bridgehead atoms. The first-order valence-electron chi connectivity index (χ1n) is 4.45. The molecule has 2 N–H and O–H groups in total. The molecule has 14 heavy (non-hydrogen) atoms. The zero-order chi connectivity index (χ0) is 10.2. The lowest BCUT2D eigenvalue weighted by atomic mass is 10.1. The third-order valence-electron chi connectivity index (χ3n) is 2.36. The summed E-state index contributed by atoms with van der Waals surface area (Å²) in [5.41, 5.74) is 6.05. The Kier molecular flexibility index (Phi) is 2.32. The van der Waals surface area contributed by atoms with Gasteiger partial charge in [0, 0.05) is 6.54 Å². The number of nitrogens with two attached hydrogens (primary N) is 1. The van der Waals surface area contributed by atoms with Crippen LogP contribution in [0, 0.1) is 0 Å². The average molecular weight is 216 g/mol. The van der Waals surface area contributed by atoms with Crippen LogP contribution in [0.2, 0.25) is 0 Å². The molecule has 5 nitrogen and oxygen atoms in total. The number of oxazole rings is 1. The molecule has 2 rings (SSSR count). The van der Waals surface area contributed by atoms with E-state index in [-0.39, 0.29) is 17.4 Å². The highest BCUT2D eigenvalue weighted by Crippen LogP contribution is 2.27. The van der Waals surface area contributed by atoms with Gasteiger partial charge in [-0.05, 0) is 6.42 Å². The minimum Gasteiger partial charge on any atom is -0.448 e. The zero-order valence-corrected chi connectivity index (χ0v) is 8.46. The molecule has 78 valence electrons. The largest absolute Gasteiger partial charge is 0.448 e. The Morgan fingerprint density at radius 3 is 2.93 bits per heavy atom. The number of hydrogen-bond donors (Lipinski definition) is 1. The molecule has 1 aromatic rings. The molecule has 1 aliphatic heterocycles. The molecule has 0 aliphatic carbocycles. The minimum absolute atomic E-state index is 0.0831. The van der Waals surface area contributed by atoms with Gasteiger partial charge in [0.05, 0.1) is 23.1 Å². The van der Waals surface area contributed by atoms with Crippen LogP contribution in [0.5, 0.6) is 0 Å². The quantitative estimate of drug-likeness (QED) is 0.754. The fourth-order valence-corrected chi connectivity index (χ4v) is 3.33. The van der Waals surface area contributed by atoms with E-state index in [0.717, 1.165) is 0 Å². The maximum Gasteiger partial charge on any atom is 0.198 e. The van der Waals surface area contributed by atoms with Gasteiger partial charge >= 0.3 is 0 Å². The lowest BCUT2D eigenvalue weighted by Crippen LogP contribution is -2.04. The summed E-state index contributed by atoms with van der Waals surface area (Å²) in [7, 11) is -2.87. The fourth-order valence-electron chi connectivity index (χ4n) is 1.59. The molecule has 0 saturated carbocycles. The number of aromatic nitrogens is 1. The second-order valence-corrected chi connectivity index (χ2v) is 5.71. The summed E-state index contributed by atoms with van der Waals surface area (Å²) in [4.78, 5) is 4.12. The van der Waals surface area contributed by atoms with Crippen molar-refractivity contribution in [3.63, 3.8) is 0 Å². The Morgan fingerprint density at radius 1 is 1.64 bits per heavy atom. The van der Waals surface area contributed by atoms with E-state index in [1.54, 1.807) is 0 Å². The van der Waals surface area contributed by atoms with E-state index in [9.17, 15) is 8.42 Å². The van der Waals surface area contributed by atoms with Gasteiger partial charge in [0.2, 0.25) is 0 Å². The highest BCUT2D eigenvalue weighted by atomic mass is 32.2. The first kappa shape index (κ1) is 9.67. The Hall–Kier alpha value is -0.880. The van der Waals surface area contributed by atoms with Crippen molar-refractivity contribution >= 4 is 9.84 Å². The van der Waals surface area contributed by atoms with Crippen molar-refractivity contribution in [2.45, 2.75) is 18.9 Å². The van der Waals surface area contributed by atoms with E-state index in [1.165, 1.54) is 6.26 Å². The van der Waals surface area contributed by atoms with Crippen LogP contribution in [-0.4, -0.2) is 24.9 Å². The molecule has 0 spiro atoms. The summed E-state index contributed by atoms with van der Waals surface area (Å²) >= 11 is 0. The molecule has 1 aliphatic rings. The summed E-state index contributed by atoms with van der Waals surface area (Å²) in [6, 6.07) is 0. The van der Waals surface area contributed by atoms with Crippen molar-refractivity contribution in [2.75, 3.05) is 11.5 Å². The third-order valence-corrected chi connectivity index (χ3v) is 4.13. The molecular weight excluding hydrogens is 204 g/mol. The first-order chi connectivity index (χ1) is 6.61. The smallest absolute Gasteiger partial charge is 0.198 e. The zero-order valence-electron chi connectivity index (χ0n) is 7.64. The van der Waals surface area contributed by atoms with Crippen LogP contribution in [0.4, 0.5) is 0 Å². The maximum atomic E-state index is 11.2. The Balaban J connectivity index is 2.17. The summed E-state index contributed by atoms with van der Waals surface area (Å²) < 4.78 is 27.6. The highest BCUT2D eigenvalue weighted by molar-refractivity contribution is 7.91. The Morgan fingerprint density at radius 2 is 2.43 bits per heavy atom. The maximum absolute atomic E-state index is 11.2. The highest BCUT2D eigenvalue weighted by Gasteiger charge is 2.32. The van der Waals surface area contributed by atoms with Crippen molar-refractivity contribution in [2.24, 2.45) is 5.73 Å². The molecule has 0 aromatic carbocycles. The lowest BCUT2D eigenvalue weighted by molar-refractivity contribution is 0.461. The number of nitrogens with zero attached hydrogens (tertiary/aromatic N) is 1. The third kappa shape index (κ3) is 1.80. The van der Waals surface area contributed by atoms with Crippen LogP contribution < -0.4 is 5.73 Å². The van der Waals surface area contributed by atoms with Crippen LogP contribution >= 0.6 is 0 Å². The minimum atomic E-state index is -2.87. The number of rotatable bonds is 2. The fraction of sp³-hybridized carbons (Fsp3) is 0.625. The summed E-state index contributed by atoms with van der Waals surface area (Å²) in [6.45, 7) is 0.322. The molecule has 6 heteroatoms. The SMILES string of the molecule is NCc1coc(C2CCS(=O)(=O)C2)n1. The summed E-state index contributed by atoms with van der Waals surface area (Å²) in [6.07, 6.45) is 2.09. The first-order valence-corrected chi connectivity index (χ1v) is 6.27. The summed E-state index contributed by atoms with van der Waals surface area (Å²) in [5, 5.41) is 0. The van der Waals surface area contributed by atoms with Crippen molar-refractivity contribution < 1.29 is 12.8 Å². The molecule has 1 fully saturated rings. The van der Waals surface area contributed by atoms with Gasteiger partial charge in [0.25, 0.3) is 0 Å². The van der Waals surface area contributed by atoms with Crippen LogP contribution in [0.1, 0.15) is 23.9 Å². The molecule has 1 aromatic heterocycles. The van der Waals surface area contributed by atoms with Crippen molar-refractivity contribution in [3.05, 3.63) is 17.8 Å². The predicted octanol–water partition coefficient (Wildman–Crippen LogP) is 0.0354. The lowest BCUT2D eigenvalue weighted by Gasteiger charge is -1.99. The molecule has 1 saturated heterocycles. The molecular formula is C8H12N2O3S. The van der Waals surface area contributed by atoms with Crippen LogP contribution in [0.3, 0.4) is 0 Å². The average Bonchev–Trinajstić information content (AvgIpc) is 2.70. The van der Waals surface area contributed by atoms with E-state index in [0.29, 0.717) is 24.6 Å². The van der Waals surface area contributed by atoms with Crippen LogP contribution in [0.15, 0.2) is 10.7 Å². The van der Waals surface area contributed by atoms with Gasteiger partial charge in [-0.25, -0.2) is 13.4 Å². The van der Waals surface area contributed by atoms with Crippen molar-refractivity contribution in [1.82, 2.24) is 4.98 Å². The number of sulfone groups is 1. The van der Waals surface area contributed by atoms with Gasteiger partial charge in [-0.1, -0.05) is 0 Å². The second-order valence-electron chi connectivity index (χ2n) is 3.48. The second kappa shape index (κ2) is 3.36. The Labute approximate surface area is 82.2 Å². The van der Waals surface area contributed by atoms with E-state index >= 15 is 0 Å². The normalized spacial score (nSPS) is 25.4. The molecule has 1 atom stereocenters. The topological polar surface area (TPSA) is 86.2 Å².